The van der Waals surface area contributed by atoms with Crippen LogP contribution in [0.2, 0.25) is 10.0 Å². The molecule has 0 radical (unpaired) electrons. The molecule has 7 heteroatoms. The largest absolute Gasteiger partial charge is 0.346 e. The molecule has 0 aliphatic rings. The number of sulfone groups is 1. The van der Waals surface area contributed by atoms with Gasteiger partial charge in [0.25, 0.3) is 0 Å². The molecule has 1 aromatic carbocycles. The number of carbonyl (C=O) groups is 1. The minimum Gasteiger partial charge on any atom is -0.346 e. The molecule has 0 atom stereocenters. The van der Waals surface area contributed by atoms with Gasteiger partial charge in [-0.05, 0) is 25.1 Å². The molecule has 0 saturated carbocycles. The maximum absolute atomic E-state index is 12.1. The van der Waals surface area contributed by atoms with Crippen LogP contribution >= 0.6 is 23.2 Å². The highest BCUT2D eigenvalue weighted by molar-refractivity contribution is 7.91. The zero-order chi connectivity index (χ0) is 14.6. The van der Waals surface area contributed by atoms with E-state index in [0.717, 1.165) is 0 Å². The minimum absolute atomic E-state index is 0.0337. The quantitative estimate of drug-likeness (QED) is 0.837. The Hall–Kier alpha value is -0.780. The van der Waals surface area contributed by atoms with Gasteiger partial charge in [0.2, 0.25) is 5.91 Å². The average Bonchev–Trinajstić information content (AvgIpc) is 2.37. The second-order valence-corrected chi connectivity index (χ2v) is 6.97. The van der Waals surface area contributed by atoms with Gasteiger partial charge in [0.1, 0.15) is 0 Å². The normalized spacial score (nSPS) is 11.4. The van der Waals surface area contributed by atoms with Crippen molar-refractivity contribution in [2.45, 2.75) is 18.2 Å². The summed E-state index contributed by atoms with van der Waals surface area (Å²) in [4.78, 5) is 13.0. The molecule has 4 nitrogen and oxygen atoms in total. The third-order valence-corrected chi connectivity index (χ3v) is 5.14. The number of benzene rings is 1. The second kappa shape index (κ2) is 6.59. The van der Waals surface area contributed by atoms with E-state index in [2.05, 4.69) is 0 Å². The van der Waals surface area contributed by atoms with Gasteiger partial charge in [-0.1, -0.05) is 23.2 Å². The molecular formula is C12H15Cl2NO3S. The highest BCUT2D eigenvalue weighted by atomic mass is 35.5. The van der Waals surface area contributed by atoms with Crippen molar-refractivity contribution in [1.29, 1.82) is 0 Å². The van der Waals surface area contributed by atoms with E-state index in [1.54, 1.807) is 7.05 Å². The van der Waals surface area contributed by atoms with Crippen molar-refractivity contribution >= 4 is 38.9 Å². The Kier molecular flexibility index (Phi) is 5.64. The van der Waals surface area contributed by atoms with Crippen molar-refractivity contribution in [1.82, 2.24) is 4.90 Å². The number of hydrogen-bond donors (Lipinski definition) is 0. The van der Waals surface area contributed by atoms with Crippen molar-refractivity contribution in [3.63, 3.8) is 0 Å². The fraction of sp³-hybridized carbons (Fsp3) is 0.417. The Morgan fingerprint density at radius 2 is 1.95 bits per heavy atom. The molecule has 1 amide bonds. The van der Waals surface area contributed by atoms with Crippen LogP contribution in [0.15, 0.2) is 23.1 Å². The van der Waals surface area contributed by atoms with Gasteiger partial charge in [-0.25, -0.2) is 8.42 Å². The van der Waals surface area contributed by atoms with Crippen molar-refractivity contribution in [3.05, 3.63) is 28.2 Å². The lowest BCUT2D eigenvalue weighted by atomic mass is 10.4. The van der Waals surface area contributed by atoms with Crippen LogP contribution in [0.25, 0.3) is 0 Å². The molecule has 0 aliphatic heterocycles. The molecule has 1 aromatic rings. The SMILES string of the molecule is CCN(C)C(=O)CCS(=O)(=O)c1cc(Cl)ccc1Cl. The van der Waals surface area contributed by atoms with E-state index < -0.39 is 9.84 Å². The van der Waals surface area contributed by atoms with Crippen molar-refractivity contribution in [2.24, 2.45) is 0 Å². The predicted molar refractivity (Wildman–Crippen MR) is 76.4 cm³/mol. The van der Waals surface area contributed by atoms with Crippen molar-refractivity contribution in [2.75, 3.05) is 19.3 Å². The van der Waals surface area contributed by atoms with Gasteiger partial charge in [0, 0.05) is 25.0 Å². The maximum atomic E-state index is 12.1. The van der Waals surface area contributed by atoms with Crippen LogP contribution in [0.4, 0.5) is 0 Å². The average molecular weight is 324 g/mol. The monoisotopic (exact) mass is 323 g/mol. The zero-order valence-corrected chi connectivity index (χ0v) is 13.0. The maximum Gasteiger partial charge on any atom is 0.223 e. The topological polar surface area (TPSA) is 54.5 Å². The summed E-state index contributed by atoms with van der Waals surface area (Å²) in [6.45, 7) is 2.36. The first-order chi connectivity index (χ1) is 8.77. The first-order valence-electron chi connectivity index (χ1n) is 5.69. The number of rotatable bonds is 5. The summed E-state index contributed by atoms with van der Waals surface area (Å²) in [6.07, 6.45) is -0.0739. The number of amides is 1. The van der Waals surface area contributed by atoms with Gasteiger partial charge in [-0.3, -0.25) is 4.79 Å². The first kappa shape index (κ1) is 16.3. The molecule has 0 aromatic heterocycles. The molecule has 0 heterocycles. The van der Waals surface area contributed by atoms with Gasteiger partial charge in [-0.2, -0.15) is 0 Å². The van der Waals surface area contributed by atoms with E-state index in [-0.39, 0.29) is 28.0 Å². The summed E-state index contributed by atoms with van der Waals surface area (Å²) in [7, 11) is -1.99. The molecule has 19 heavy (non-hydrogen) atoms. The van der Waals surface area contributed by atoms with E-state index in [4.69, 9.17) is 23.2 Å². The van der Waals surface area contributed by atoms with Crippen LogP contribution in [0.5, 0.6) is 0 Å². The van der Waals surface area contributed by atoms with Gasteiger partial charge < -0.3 is 4.90 Å². The van der Waals surface area contributed by atoms with Gasteiger partial charge >= 0.3 is 0 Å². The lowest BCUT2D eigenvalue weighted by Crippen LogP contribution is -2.28. The summed E-state index contributed by atoms with van der Waals surface area (Å²) >= 11 is 11.6. The molecule has 0 saturated heterocycles. The highest BCUT2D eigenvalue weighted by Gasteiger charge is 2.20. The van der Waals surface area contributed by atoms with E-state index >= 15 is 0 Å². The minimum atomic E-state index is -3.61. The highest BCUT2D eigenvalue weighted by Crippen LogP contribution is 2.26. The number of halogens is 2. The summed E-state index contributed by atoms with van der Waals surface area (Å²) in [5.74, 6) is -0.500. The first-order valence-corrected chi connectivity index (χ1v) is 8.10. The summed E-state index contributed by atoms with van der Waals surface area (Å²) in [5.41, 5.74) is 0. The molecule has 0 N–H and O–H groups in total. The predicted octanol–water partition coefficient (Wildman–Crippen LogP) is 2.64. The molecule has 0 fully saturated rings. The zero-order valence-electron chi connectivity index (χ0n) is 10.7. The standard InChI is InChI=1S/C12H15Cl2NO3S/c1-3-15(2)12(16)6-7-19(17,18)11-8-9(13)4-5-10(11)14/h4-5,8H,3,6-7H2,1-2H3. The van der Waals surface area contributed by atoms with E-state index in [1.807, 2.05) is 6.92 Å². The molecule has 106 valence electrons. The van der Waals surface area contributed by atoms with E-state index in [0.29, 0.717) is 11.6 Å². The Balaban J connectivity index is 2.88. The smallest absolute Gasteiger partial charge is 0.223 e. The van der Waals surface area contributed by atoms with Crippen LogP contribution in [0.3, 0.4) is 0 Å². The van der Waals surface area contributed by atoms with Gasteiger partial charge in [-0.15, -0.1) is 0 Å². The molecule has 0 spiro atoms. The number of carbonyl (C=O) groups excluding carboxylic acids is 1. The lowest BCUT2D eigenvalue weighted by Gasteiger charge is -2.14. The molecule has 1 rings (SSSR count). The summed E-state index contributed by atoms with van der Waals surface area (Å²) in [5, 5.41) is 0.403. The summed E-state index contributed by atoms with van der Waals surface area (Å²) < 4.78 is 24.2. The van der Waals surface area contributed by atoms with Crippen LogP contribution in [-0.4, -0.2) is 38.6 Å². The van der Waals surface area contributed by atoms with Crippen LogP contribution in [0, 0.1) is 0 Å². The fourth-order valence-electron chi connectivity index (χ4n) is 1.41. The third-order valence-electron chi connectivity index (χ3n) is 2.71. The third kappa shape index (κ3) is 4.37. The van der Waals surface area contributed by atoms with Gasteiger partial charge in [0.05, 0.1) is 15.7 Å². The van der Waals surface area contributed by atoms with E-state index in [9.17, 15) is 13.2 Å². The molecular weight excluding hydrogens is 309 g/mol. The van der Waals surface area contributed by atoms with Crippen molar-refractivity contribution in [3.8, 4) is 0 Å². The van der Waals surface area contributed by atoms with Crippen LogP contribution in [-0.2, 0) is 14.6 Å². The molecule has 0 bridgehead atoms. The fourth-order valence-corrected chi connectivity index (χ4v) is 3.46. The van der Waals surface area contributed by atoms with Crippen LogP contribution < -0.4 is 0 Å². The van der Waals surface area contributed by atoms with Crippen molar-refractivity contribution < 1.29 is 13.2 Å². The van der Waals surface area contributed by atoms with Gasteiger partial charge in [0.15, 0.2) is 9.84 Å². The molecule has 0 aliphatic carbocycles. The number of nitrogens with zero attached hydrogens (tertiary/aromatic N) is 1. The molecule has 0 unspecified atom stereocenters. The Morgan fingerprint density at radius 3 is 2.53 bits per heavy atom. The Morgan fingerprint density at radius 1 is 1.32 bits per heavy atom. The Bertz CT molecular complexity index is 572. The van der Waals surface area contributed by atoms with Crippen LogP contribution in [0.1, 0.15) is 13.3 Å². The number of hydrogen-bond acceptors (Lipinski definition) is 3. The van der Waals surface area contributed by atoms with E-state index in [1.165, 1.54) is 23.1 Å². The summed E-state index contributed by atoms with van der Waals surface area (Å²) in [6, 6.07) is 4.24. The second-order valence-electron chi connectivity index (χ2n) is 4.05. The lowest BCUT2D eigenvalue weighted by molar-refractivity contribution is -0.129. The Labute approximate surface area is 123 Å².